The van der Waals surface area contributed by atoms with Crippen LogP contribution in [0, 0.1) is 24.6 Å². The molecule has 1 heterocycles. The molecule has 1 saturated heterocycles. The smallest absolute Gasteiger partial charge is 0.352 e. The first-order valence-corrected chi connectivity index (χ1v) is 12.4. The molecule has 0 saturated carbocycles. The number of halogens is 7. The molecule has 2 aromatic carbocycles. The molecular weight excluding hydrogens is 547 g/mol. The van der Waals surface area contributed by atoms with Gasteiger partial charge in [-0.15, -0.1) is 0 Å². The Bertz CT molecular complexity index is 1230. The number of carbonyl (C=O) groups excluding carboxylic acids is 3. The summed E-state index contributed by atoms with van der Waals surface area (Å²) in [5.74, 6) is -3.05. The molecule has 0 aliphatic carbocycles. The lowest BCUT2D eigenvalue weighted by atomic mass is 9.80. The van der Waals surface area contributed by atoms with Crippen LogP contribution in [-0.2, 0) is 39.7 Å². The molecule has 0 bridgehead atoms. The van der Waals surface area contributed by atoms with Crippen molar-refractivity contribution in [3.05, 3.63) is 70.0 Å². The van der Waals surface area contributed by atoms with Crippen molar-refractivity contribution in [2.45, 2.75) is 45.6 Å². The molecule has 13 heteroatoms. The molecule has 2 unspecified atom stereocenters. The van der Waals surface area contributed by atoms with Crippen LogP contribution in [-0.4, -0.2) is 42.3 Å². The topological polar surface area (TPSA) is 78.5 Å². The van der Waals surface area contributed by atoms with Gasteiger partial charge in [0, 0.05) is 32.5 Å². The van der Waals surface area contributed by atoms with Crippen LogP contribution in [0.1, 0.15) is 41.2 Å². The SMILES string of the molecule is CC(=O)NCC(=O)N1CCC(C(=O)NCc2cc(C(F)(F)F)cc(C(F)(F)F)c2)C(Cc2ccc(F)cc2C)C1. The number of aryl methyl sites for hydroxylation is 1. The first kappa shape index (κ1) is 30.9. The largest absolute Gasteiger partial charge is 0.416 e. The fourth-order valence-corrected chi connectivity index (χ4v) is 4.74. The third-order valence-electron chi connectivity index (χ3n) is 6.81. The number of hydrogen-bond donors (Lipinski definition) is 2. The van der Waals surface area contributed by atoms with Crippen molar-refractivity contribution in [2.24, 2.45) is 11.8 Å². The van der Waals surface area contributed by atoms with Crippen molar-refractivity contribution in [3.63, 3.8) is 0 Å². The van der Waals surface area contributed by atoms with Crippen LogP contribution >= 0.6 is 0 Å². The third kappa shape index (κ3) is 8.18. The second-order valence-corrected chi connectivity index (χ2v) is 9.81. The van der Waals surface area contributed by atoms with Gasteiger partial charge in [0.15, 0.2) is 0 Å². The molecule has 1 fully saturated rings. The van der Waals surface area contributed by atoms with Crippen LogP contribution in [0.5, 0.6) is 0 Å². The minimum Gasteiger partial charge on any atom is -0.352 e. The third-order valence-corrected chi connectivity index (χ3v) is 6.81. The summed E-state index contributed by atoms with van der Waals surface area (Å²) in [6, 6.07) is 5.25. The van der Waals surface area contributed by atoms with Gasteiger partial charge in [0.25, 0.3) is 0 Å². The van der Waals surface area contributed by atoms with Gasteiger partial charge in [0.05, 0.1) is 17.7 Å². The minimum atomic E-state index is -5.02. The molecule has 1 aliphatic heterocycles. The van der Waals surface area contributed by atoms with Gasteiger partial charge in [-0.05, 0) is 72.7 Å². The molecule has 0 radical (unpaired) electrons. The Kier molecular flexibility index (Phi) is 9.47. The minimum absolute atomic E-state index is 0.0140. The lowest BCUT2D eigenvalue weighted by molar-refractivity contribution is -0.143. The van der Waals surface area contributed by atoms with Crippen molar-refractivity contribution in [2.75, 3.05) is 19.6 Å². The van der Waals surface area contributed by atoms with Crippen LogP contribution in [0.25, 0.3) is 0 Å². The second-order valence-electron chi connectivity index (χ2n) is 9.81. The van der Waals surface area contributed by atoms with Crippen molar-refractivity contribution < 1.29 is 45.1 Å². The fourth-order valence-electron chi connectivity index (χ4n) is 4.74. The van der Waals surface area contributed by atoms with E-state index in [1.165, 1.54) is 24.0 Å². The first-order valence-electron chi connectivity index (χ1n) is 12.4. The summed E-state index contributed by atoms with van der Waals surface area (Å²) in [4.78, 5) is 38.5. The molecule has 3 amide bonds. The molecule has 0 aromatic heterocycles. The quantitative estimate of drug-likeness (QED) is 0.473. The Labute approximate surface area is 225 Å². The monoisotopic (exact) mass is 575 g/mol. The highest BCUT2D eigenvalue weighted by molar-refractivity contribution is 5.84. The van der Waals surface area contributed by atoms with Gasteiger partial charge in [0.2, 0.25) is 17.7 Å². The number of nitrogens with one attached hydrogen (secondary N) is 2. The number of nitrogens with zero attached hydrogens (tertiary/aromatic N) is 1. The Hall–Kier alpha value is -3.64. The maximum Gasteiger partial charge on any atom is 0.416 e. The van der Waals surface area contributed by atoms with E-state index in [0.29, 0.717) is 23.3 Å². The van der Waals surface area contributed by atoms with Crippen LogP contribution in [0.3, 0.4) is 0 Å². The zero-order valence-electron chi connectivity index (χ0n) is 21.7. The summed E-state index contributed by atoms with van der Waals surface area (Å²) in [6.45, 7) is 2.38. The van der Waals surface area contributed by atoms with Gasteiger partial charge < -0.3 is 15.5 Å². The van der Waals surface area contributed by atoms with Crippen molar-refractivity contribution >= 4 is 17.7 Å². The zero-order chi connectivity index (χ0) is 29.8. The number of piperidine rings is 1. The van der Waals surface area contributed by atoms with E-state index in [-0.39, 0.29) is 50.0 Å². The van der Waals surface area contributed by atoms with E-state index < -0.39 is 59.5 Å². The summed E-state index contributed by atoms with van der Waals surface area (Å²) in [5, 5.41) is 4.87. The van der Waals surface area contributed by atoms with Gasteiger partial charge in [-0.1, -0.05) is 6.07 Å². The Morgan fingerprint density at radius 2 is 1.57 bits per heavy atom. The predicted molar refractivity (Wildman–Crippen MR) is 130 cm³/mol. The first-order chi connectivity index (χ1) is 18.5. The predicted octanol–water partition coefficient (Wildman–Crippen LogP) is 4.63. The van der Waals surface area contributed by atoms with Gasteiger partial charge in [-0.3, -0.25) is 14.4 Å². The van der Waals surface area contributed by atoms with E-state index in [9.17, 15) is 45.1 Å². The molecular formula is C27H28F7N3O3. The molecule has 1 aliphatic rings. The van der Waals surface area contributed by atoms with Crippen molar-refractivity contribution in [1.29, 1.82) is 0 Å². The summed E-state index contributed by atoms with van der Waals surface area (Å²) < 4.78 is 92.9. The van der Waals surface area contributed by atoms with E-state index in [0.717, 1.165) is 0 Å². The average molecular weight is 576 g/mol. The zero-order valence-corrected chi connectivity index (χ0v) is 21.7. The standard InChI is InChI=1S/C27H28F7N3O3/c1-15-7-22(28)4-3-18(15)10-19-14-37(24(39)13-35-16(2)38)6-5-23(19)25(40)36-12-17-8-20(26(29,30)31)11-21(9-17)27(32,33)34/h3-4,7-9,11,19,23H,5-6,10,12-14H2,1-2H3,(H,35,38)(H,36,40). The van der Waals surface area contributed by atoms with Gasteiger partial charge in [-0.25, -0.2) is 4.39 Å². The van der Waals surface area contributed by atoms with E-state index in [2.05, 4.69) is 10.6 Å². The van der Waals surface area contributed by atoms with Crippen LogP contribution in [0.4, 0.5) is 30.7 Å². The number of carbonyl (C=O) groups is 3. The highest BCUT2D eigenvalue weighted by atomic mass is 19.4. The van der Waals surface area contributed by atoms with E-state index >= 15 is 0 Å². The number of likely N-dealkylation sites (tertiary alicyclic amines) is 1. The summed E-state index contributed by atoms with van der Waals surface area (Å²) in [5.41, 5.74) is -2.01. The Morgan fingerprint density at radius 3 is 2.12 bits per heavy atom. The van der Waals surface area contributed by atoms with E-state index in [4.69, 9.17) is 0 Å². The number of hydrogen-bond acceptors (Lipinski definition) is 3. The maximum absolute atomic E-state index is 13.6. The molecule has 218 valence electrons. The highest BCUT2D eigenvalue weighted by Crippen LogP contribution is 2.36. The number of alkyl halides is 6. The molecule has 40 heavy (non-hydrogen) atoms. The lowest BCUT2D eigenvalue weighted by Crippen LogP contribution is -2.51. The molecule has 3 rings (SSSR count). The number of benzene rings is 2. The molecule has 2 aromatic rings. The second kappa shape index (κ2) is 12.3. The van der Waals surface area contributed by atoms with Gasteiger partial charge in [-0.2, -0.15) is 26.3 Å². The van der Waals surface area contributed by atoms with Crippen LogP contribution < -0.4 is 10.6 Å². The van der Waals surface area contributed by atoms with E-state index in [1.54, 1.807) is 13.0 Å². The summed E-state index contributed by atoms with van der Waals surface area (Å²) >= 11 is 0. The van der Waals surface area contributed by atoms with Gasteiger partial charge in [0.1, 0.15) is 5.82 Å². The van der Waals surface area contributed by atoms with Gasteiger partial charge >= 0.3 is 12.4 Å². The Balaban J connectivity index is 1.81. The average Bonchev–Trinajstić information content (AvgIpc) is 2.86. The van der Waals surface area contributed by atoms with Crippen molar-refractivity contribution in [3.8, 4) is 0 Å². The molecule has 0 spiro atoms. The number of rotatable bonds is 7. The molecule has 2 N–H and O–H groups in total. The normalized spacial score (nSPS) is 17.9. The molecule has 6 nitrogen and oxygen atoms in total. The lowest BCUT2D eigenvalue weighted by Gasteiger charge is -2.38. The maximum atomic E-state index is 13.6. The fraction of sp³-hybridized carbons (Fsp3) is 0.444. The molecule has 2 atom stereocenters. The van der Waals surface area contributed by atoms with E-state index in [1.807, 2.05) is 0 Å². The summed E-state index contributed by atoms with van der Waals surface area (Å²) in [6.07, 6.45) is -9.61. The van der Waals surface area contributed by atoms with Crippen LogP contribution in [0.15, 0.2) is 36.4 Å². The number of amides is 3. The summed E-state index contributed by atoms with van der Waals surface area (Å²) in [7, 11) is 0. The highest BCUT2D eigenvalue weighted by Gasteiger charge is 2.38. The van der Waals surface area contributed by atoms with Crippen molar-refractivity contribution in [1.82, 2.24) is 15.5 Å². The Morgan fingerprint density at radius 1 is 0.950 bits per heavy atom. The van der Waals surface area contributed by atoms with Crippen LogP contribution in [0.2, 0.25) is 0 Å².